The van der Waals surface area contributed by atoms with Crippen molar-refractivity contribution in [2.75, 3.05) is 0 Å². The SMILES string of the molecule is CCC1(NCc2ncc[nH]2)CCC1. The van der Waals surface area contributed by atoms with Gasteiger partial charge in [-0.05, 0) is 25.7 Å². The monoisotopic (exact) mass is 179 g/mol. The van der Waals surface area contributed by atoms with Crippen LogP contribution in [-0.2, 0) is 6.54 Å². The number of H-pyrrole nitrogens is 1. The zero-order chi connectivity index (χ0) is 9.15. The number of aromatic amines is 1. The number of aromatic nitrogens is 2. The van der Waals surface area contributed by atoms with E-state index in [1.807, 2.05) is 6.20 Å². The van der Waals surface area contributed by atoms with Gasteiger partial charge in [0.15, 0.2) is 0 Å². The summed E-state index contributed by atoms with van der Waals surface area (Å²) in [7, 11) is 0. The number of hydrogen-bond acceptors (Lipinski definition) is 2. The number of nitrogens with zero attached hydrogens (tertiary/aromatic N) is 1. The first-order valence-electron chi connectivity index (χ1n) is 5.08. The molecule has 0 spiro atoms. The Morgan fingerprint density at radius 3 is 2.92 bits per heavy atom. The van der Waals surface area contributed by atoms with E-state index < -0.39 is 0 Å². The minimum absolute atomic E-state index is 0.423. The van der Waals surface area contributed by atoms with Crippen LogP contribution in [0.15, 0.2) is 12.4 Å². The van der Waals surface area contributed by atoms with Crippen molar-refractivity contribution in [2.24, 2.45) is 0 Å². The molecule has 1 saturated carbocycles. The highest BCUT2D eigenvalue weighted by Gasteiger charge is 2.34. The molecule has 1 fully saturated rings. The first-order chi connectivity index (χ1) is 6.35. The van der Waals surface area contributed by atoms with E-state index in [0.29, 0.717) is 5.54 Å². The predicted octanol–water partition coefficient (Wildman–Crippen LogP) is 1.83. The molecule has 0 aromatic carbocycles. The van der Waals surface area contributed by atoms with Crippen LogP contribution in [0, 0.1) is 0 Å². The lowest BCUT2D eigenvalue weighted by molar-refractivity contribution is 0.174. The van der Waals surface area contributed by atoms with E-state index in [0.717, 1.165) is 12.4 Å². The van der Waals surface area contributed by atoms with Gasteiger partial charge in [-0.3, -0.25) is 0 Å². The summed E-state index contributed by atoms with van der Waals surface area (Å²) < 4.78 is 0. The quantitative estimate of drug-likeness (QED) is 0.740. The van der Waals surface area contributed by atoms with Gasteiger partial charge in [-0.1, -0.05) is 6.92 Å². The van der Waals surface area contributed by atoms with Crippen molar-refractivity contribution < 1.29 is 0 Å². The van der Waals surface area contributed by atoms with Crippen LogP contribution in [0.2, 0.25) is 0 Å². The lowest BCUT2D eigenvalue weighted by Gasteiger charge is -2.42. The fourth-order valence-electron chi connectivity index (χ4n) is 1.92. The van der Waals surface area contributed by atoms with Crippen LogP contribution >= 0.6 is 0 Å². The van der Waals surface area contributed by atoms with E-state index in [4.69, 9.17) is 0 Å². The average molecular weight is 179 g/mol. The Morgan fingerprint density at radius 1 is 1.62 bits per heavy atom. The van der Waals surface area contributed by atoms with Gasteiger partial charge in [0.05, 0.1) is 6.54 Å². The van der Waals surface area contributed by atoms with E-state index in [1.54, 1.807) is 6.20 Å². The molecule has 0 aliphatic heterocycles. The predicted molar refractivity (Wildman–Crippen MR) is 52.3 cm³/mol. The van der Waals surface area contributed by atoms with E-state index in [9.17, 15) is 0 Å². The van der Waals surface area contributed by atoms with Crippen LogP contribution in [0.3, 0.4) is 0 Å². The van der Waals surface area contributed by atoms with Gasteiger partial charge < -0.3 is 10.3 Å². The van der Waals surface area contributed by atoms with Gasteiger partial charge in [-0.25, -0.2) is 4.98 Å². The molecular weight excluding hydrogens is 162 g/mol. The minimum atomic E-state index is 0.423. The van der Waals surface area contributed by atoms with Crippen molar-refractivity contribution in [1.29, 1.82) is 0 Å². The Hall–Kier alpha value is -0.830. The van der Waals surface area contributed by atoms with Crippen molar-refractivity contribution in [1.82, 2.24) is 15.3 Å². The van der Waals surface area contributed by atoms with Crippen LogP contribution in [-0.4, -0.2) is 15.5 Å². The number of imidazole rings is 1. The molecule has 1 aromatic rings. The van der Waals surface area contributed by atoms with E-state index in [2.05, 4.69) is 22.2 Å². The molecule has 0 radical (unpaired) electrons. The second-order valence-electron chi connectivity index (χ2n) is 3.88. The molecule has 72 valence electrons. The smallest absolute Gasteiger partial charge is 0.120 e. The van der Waals surface area contributed by atoms with Crippen LogP contribution in [0.4, 0.5) is 0 Å². The van der Waals surface area contributed by atoms with Crippen LogP contribution in [0.1, 0.15) is 38.4 Å². The Labute approximate surface area is 79.0 Å². The standard InChI is InChI=1S/C10H17N3/c1-2-10(4-3-5-10)13-8-9-11-6-7-12-9/h6-7,13H,2-5,8H2,1H3,(H,11,12). The number of hydrogen-bond donors (Lipinski definition) is 2. The highest BCUT2D eigenvalue weighted by molar-refractivity contribution is 4.97. The summed E-state index contributed by atoms with van der Waals surface area (Å²) in [5, 5.41) is 3.59. The Kier molecular flexibility index (Phi) is 2.36. The summed E-state index contributed by atoms with van der Waals surface area (Å²) in [5.41, 5.74) is 0.423. The second kappa shape index (κ2) is 3.50. The van der Waals surface area contributed by atoms with Crippen LogP contribution in [0.25, 0.3) is 0 Å². The van der Waals surface area contributed by atoms with Crippen molar-refractivity contribution >= 4 is 0 Å². The zero-order valence-electron chi connectivity index (χ0n) is 8.14. The number of nitrogens with one attached hydrogen (secondary N) is 2. The summed E-state index contributed by atoms with van der Waals surface area (Å²) >= 11 is 0. The van der Waals surface area contributed by atoms with Crippen LogP contribution in [0.5, 0.6) is 0 Å². The Balaban J connectivity index is 1.84. The average Bonchev–Trinajstić information content (AvgIpc) is 2.56. The van der Waals surface area contributed by atoms with Gasteiger partial charge in [-0.2, -0.15) is 0 Å². The molecule has 0 unspecified atom stereocenters. The van der Waals surface area contributed by atoms with E-state index >= 15 is 0 Å². The van der Waals surface area contributed by atoms with Gasteiger partial charge in [0.1, 0.15) is 5.82 Å². The summed E-state index contributed by atoms with van der Waals surface area (Å²) in [5.74, 6) is 1.04. The van der Waals surface area contributed by atoms with E-state index in [1.165, 1.54) is 25.7 Å². The maximum absolute atomic E-state index is 4.19. The molecule has 1 heterocycles. The molecule has 13 heavy (non-hydrogen) atoms. The van der Waals surface area contributed by atoms with E-state index in [-0.39, 0.29) is 0 Å². The van der Waals surface area contributed by atoms with Crippen LogP contribution < -0.4 is 5.32 Å². The second-order valence-corrected chi connectivity index (χ2v) is 3.88. The first kappa shape index (κ1) is 8.75. The lowest BCUT2D eigenvalue weighted by atomic mass is 9.75. The topological polar surface area (TPSA) is 40.7 Å². The third kappa shape index (κ3) is 1.75. The fourth-order valence-corrected chi connectivity index (χ4v) is 1.92. The van der Waals surface area contributed by atoms with Gasteiger partial charge in [-0.15, -0.1) is 0 Å². The first-order valence-corrected chi connectivity index (χ1v) is 5.08. The zero-order valence-corrected chi connectivity index (χ0v) is 8.14. The Morgan fingerprint density at radius 2 is 2.46 bits per heavy atom. The normalized spacial score (nSPS) is 19.8. The lowest BCUT2D eigenvalue weighted by Crippen LogP contribution is -2.50. The molecule has 0 amide bonds. The molecule has 2 N–H and O–H groups in total. The molecule has 0 bridgehead atoms. The molecular formula is C10H17N3. The minimum Gasteiger partial charge on any atom is -0.348 e. The van der Waals surface area contributed by atoms with Gasteiger partial charge >= 0.3 is 0 Å². The van der Waals surface area contributed by atoms with Gasteiger partial charge in [0, 0.05) is 17.9 Å². The van der Waals surface area contributed by atoms with Crippen molar-refractivity contribution in [3.05, 3.63) is 18.2 Å². The summed E-state index contributed by atoms with van der Waals surface area (Å²) in [6, 6.07) is 0. The summed E-state index contributed by atoms with van der Waals surface area (Å²) in [6.07, 6.45) is 8.92. The molecule has 1 aliphatic rings. The molecule has 1 aromatic heterocycles. The maximum atomic E-state index is 4.19. The molecule has 1 aliphatic carbocycles. The number of rotatable bonds is 4. The maximum Gasteiger partial charge on any atom is 0.120 e. The molecule has 3 nitrogen and oxygen atoms in total. The highest BCUT2D eigenvalue weighted by Crippen LogP contribution is 2.34. The largest absolute Gasteiger partial charge is 0.348 e. The summed E-state index contributed by atoms with van der Waals surface area (Å²) in [6.45, 7) is 3.13. The third-order valence-corrected chi connectivity index (χ3v) is 3.17. The molecule has 0 saturated heterocycles. The summed E-state index contributed by atoms with van der Waals surface area (Å²) in [4.78, 5) is 7.30. The Bertz CT molecular complexity index is 244. The van der Waals surface area contributed by atoms with Gasteiger partial charge in [0.25, 0.3) is 0 Å². The highest BCUT2D eigenvalue weighted by atomic mass is 15.0. The third-order valence-electron chi connectivity index (χ3n) is 3.17. The molecule has 0 atom stereocenters. The fraction of sp³-hybridized carbons (Fsp3) is 0.700. The van der Waals surface area contributed by atoms with Crippen molar-refractivity contribution in [3.63, 3.8) is 0 Å². The van der Waals surface area contributed by atoms with Crippen molar-refractivity contribution in [2.45, 2.75) is 44.7 Å². The molecule has 3 heteroatoms. The van der Waals surface area contributed by atoms with Crippen molar-refractivity contribution in [3.8, 4) is 0 Å². The van der Waals surface area contributed by atoms with Gasteiger partial charge in [0.2, 0.25) is 0 Å². The molecule has 2 rings (SSSR count).